The van der Waals surface area contributed by atoms with Crippen LogP contribution in [0.5, 0.6) is 0 Å². The molecule has 0 fully saturated rings. The molecule has 1 aromatic rings. The highest BCUT2D eigenvalue weighted by atomic mass is 19.1. The molecule has 0 saturated heterocycles. The molecule has 0 aromatic heterocycles. The van der Waals surface area contributed by atoms with Crippen LogP contribution in [0.1, 0.15) is 43.5 Å². The minimum absolute atomic E-state index is 0.00773. The number of carbonyl (C=O) groups excluding carboxylic acids is 1. The second-order valence-corrected chi connectivity index (χ2v) is 4.26. The van der Waals surface area contributed by atoms with Crippen LogP contribution in [0.25, 0.3) is 0 Å². The fraction of sp³-hybridized carbons (Fsp3) is 0.462. The molecule has 0 saturated carbocycles. The monoisotopic (exact) mass is 238 g/mol. The molecule has 3 nitrogen and oxygen atoms in total. The van der Waals surface area contributed by atoms with Crippen molar-refractivity contribution in [2.45, 2.75) is 39.2 Å². The maximum Gasteiger partial charge on any atom is 0.254 e. The van der Waals surface area contributed by atoms with Crippen molar-refractivity contribution < 1.29 is 9.18 Å². The van der Waals surface area contributed by atoms with Gasteiger partial charge in [0.25, 0.3) is 5.91 Å². The second kappa shape index (κ2) is 6.23. The number of nitrogens with one attached hydrogen (secondary N) is 1. The highest BCUT2D eigenvalue weighted by molar-refractivity contribution is 5.95. The Morgan fingerprint density at radius 1 is 1.53 bits per heavy atom. The molecule has 0 spiro atoms. The van der Waals surface area contributed by atoms with Gasteiger partial charge >= 0.3 is 0 Å². The van der Waals surface area contributed by atoms with E-state index in [-0.39, 0.29) is 11.6 Å². The number of halogens is 1. The highest BCUT2D eigenvalue weighted by Crippen LogP contribution is 2.12. The Bertz CT molecular complexity index is 393. The summed E-state index contributed by atoms with van der Waals surface area (Å²) < 4.78 is 13.4. The van der Waals surface area contributed by atoms with Crippen molar-refractivity contribution in [3.05, 3.63) is 29.6 Å². The summed E-state index contributed by atoms with van der Waals surface area (Å²) in [5.74, 6) is -0.946. The van der Waals surface area contributed by atoms with Gasteiger partial charge in [-0.3, -0.25) is 4.79 Å². The number of unbranched alkanes of at least 4 members (excludes halogenated alkanes) is 1. The number of nitrogen functional groups attached to an aromatic ring is 1. The first kappa shape index (κ1) is 13.5. The normalized spacial score (nSPS) is 12.2. The van der Waals surface area contributed by atoms with E-state index >= 15 is 0 Å². The molecule has 0 aliphatic carbocycles. The lowest BCUT2D eigenvalue weighted by molar-refractivity contribution is 0.0934. The van der Waals surface area contributed by atoms with Crippen molar-refractivity contribution in [1.82, 2.24) is 5.32 Å². The predicted molar refractivity (Wildman–Crippen MR) is 67.3 cm³/mol. The fourth-order valence-electron chi connectivity index (χ4n) is 1.60. The van der Waals surface area contributed by atoms with Gasteiger partial charge in [-0.1, -0.05) is 19.8 Å². The van der Waals surface area contributed by atoms with E-state index in [1.165, 1.54) is 18.2 Å². The maximum absolute atomic E-state index is 13.4. The van der Waals surface area contributed by atoms with Crippen molar-refractivity contribution >= 4 is 11.6 Å². The Kier molecular flexibility index (Phi) is 4.94. The Balaban J connectivity index is 2.66. The molecule has 0 heterocycles. The van der Waals surface area contributed by atoms with Crippen LogP contribution in [0.15, 0.2) is 18.2 Å². The van der Waals surface area contributed by atoms with Crippen molar-refractivity contribution in [3.8, 4) is 0 Å². The van der Waals surface area contributed by atoms with E-state index in [0.717, 1.165) is 19.3 Å². The van der Waals surface area contributed by atoms with Crippen LogP contribution in [-0.4, -0.2) is 11.9 Å². The largest absolute Gasteiger partial charge is 0.399 e. The lowest BCUT2D eigenvalue weighted by atomic mass is 10.1. The first-order valence-corrected chi connectivity index (χ1v) is 5.90. The summed E-state index contributed by atoms with van der Waals surface area (Å²) in [5, 5.41) is 2.76. The average molecular weight is 238 g/mol. The highest BCUT2D eigenvalue weighted by Gasteiger charge is 2.14. The van der Waals surface area contributed by atoms with E-state index in [0.29, 0.717) is 5.69 Å². The number of benzene rings is 1. The number of nitrogens with two attached hydrogens (primary N) is 1. The molecule has 1 aromatic carbocycles. The lowest BCUT2D eigenvalue weighted by Crippen LogP contribution is -2.33. The summed E-state index contributed by atoms with van der Waals surface area (Å²) >= 11 is 0. The molecule has 1 amide bonds. The maximum atomic E-state index is 13.4. The fourth-order valence-corrected chi connectivity index (χ4v) is 1.60. The molecule has 94 valence electrons. The van der Waals surface area contributed by atoms with Gasteiger partial charge in [0, 0.05) is 11.7 Å². The molecule has 1 unspecified atom stereocenters. The zero-order chi connectivity index (χ0) is 12.8. The minimum Gasteiger partial charge on any atom is -0.399 e. The average Bonchev–Trinajstić information content (AvgIpc) is 2.29. The Morgan fingerprint density at radius 2 is 2.24 bits per heavy atom. The van der Waals surface area contributed by atoms with Crippen molar-refractivity contribution in [2.75, 3.05) is 5.73 Å². The SMILES string of the molecule is CCCCC(C)NC(=O)c1cc(N)ccc1F. The molecule has 0 bridgehead atoms. The van der Waals surface area contributed by atoms with Crippen molar-refractivity contribution in [1.29, 1.82) is 0 Å². The molecule has 17 heavy (non-hydrogen) atoms. The van der Waals surface area contributed by atoms with Gasteiger partial charge in [0.15, 0.2) is 0 Å². The number of hydrogen-bond donors (Lipinski definition) is 2. The Morgan fingerprint density at radius 3 is 2.88 bits per heavy atom. The summed E-state index contributed by atoms with van der Waals surface area (Å²) in [6, 6.07) is 4.05. The number of amides is 1. The van der Waals surface area contributed by atoms with Gasteiger partial charge in [0.2, 0.25) is 0 Å². The first-order valence-electron chi connectivity index (χ1n) is 5.90. The summed E-state index contributed by atoms with van der Waals surface area (Å²) in [6.45, 7) is 4.00. The van der Waals surface area contributed by atoms with Gasteiger partial charge < -0.3 is 11.1 Å². The first-order chi connectivity index (χ1) is 8.04. The molecule has 3 N–H and O–H groups in total. The summed E-state index contributed by atoms with van der Waals surface area (Å²) in [6.07, 6.45) is 3.01. The van der Waals surface area contributed by atoms with E-state index in [9.17, 15) is 9.18 Å². The van der Waals surface area contributed by atoms with Crippen LogP contribution in [0.3, 0.4) is 0 Å². The van der Waals surface area contributed by atoms with Gasteiger partial charge in [-0.2, -0.15) is 0 Å². The smallest absolute Gasteiger partial charge is 0.254 e. The number of carbonyl (C=O) groups is 1. The zero-order valence-corrected chi connectivity index (χ0v) is 10.3. The summed E-state index contributed by atoms with van der Waals surface area (Å²) in [7, 11) is 0. The van der Waals surface area contributed by atoms with Gasteiger partial charge in [-0.25, -0.2) is 4.39 Å². The summed E-state index contributed by atoms with van der Waals surface area (Å²) in [4.78, 5) is 11.8. The molecule has 0 radical (unpaired) electrons. The van der Waals surface area contributed by atoms with E-state index < -0.39 is 11.7 Å². The van der Waals surface area contributed by atoms with E-state index in [1.807, 2.05) is 6.92 Å². The molecule has 1 atom stereocenters. The minimum atomic E-state index is -0.542. The van der Waals surface area contributed by atoms with Crippen molar-refractivity contribution in [3.63, 3.8) is 0 Å². The van der Waals surface area contributed by atoms with Crippen LogP contribution < -0.4 is 11.1 Å². The van der Waals surface area contributed by atoms with Crippen LogP contribution in [-0.2, 0) is 0 Å². The van der Waals surface area contributed by atoms with Crippen LogP contribution >= 0.6 is 0 Å². The third-order valence-electron chi connectivity index (χ3n) is 2.60. The van der Waals surface area contributed by atoms with Gasteiger partial charge in [-0.15, -0.1) is 0 Å². The molecular formula is C13H19FN2O. The van der Waals surface area contributed by atoms with Gasteiger partial charge in [-0.05, 0) is 31.5 Å². The molecule has 1 rings (SSSR count). The van der Waals surface area contributed by atoms with Gasteiger partial charge in [0.1, 0.15) is 5.82 Å². The number of anilines is 1. The van der Waals surface area contributed by atoms with Gasteiger partial charge in [0.05, 0.1) is 5.56 Å². The molecular weight excluding hydrogens is 219 g/mol. The van der Waals surface area contributed by atoms with Crippen LogP contribution in [0.4, 0.5) is 10.1 Å². The summed E-state index contributed by atoms with van der Waals surface area (Å²) in [5.41, 5.74) is 5.92. The van der Waals surface area contributed by atoms with E-state index in [4.69, 9.17) is 5.73 Å². The number of hydrogen-bond acceptors (Lipinski definition) is 2. The standard InChI is InChI=1S/C13H19FN2O/c1-3-4-5-9(2)16-13(17)11-8-10(15)6-7-12(11)14/h6-9H,3-5,15H2,1-2H3,(H,16,17). The molecule has 0 aliphatic heterocycles. The van der Waals surface area contributed by atoms with E-state index in [2.05, 4.69) is 12.2 Å². The van der Waals surface area contributed by atoms with E-state index in [1.54, 1.807) is 0 Å². The van der Waals surface area contributed by atoms with Crippen molar-refractivity contribution in [2.24, 2.45) is 0 Å². The Hall–Kier alpha value is -1.58. The molecule has 4 heteroatoms. The zero-order valence-electron chi connectivity index (χ0n) is 10.3. The topological polar surface area (TPSA) is 55.1 Å². The Labute approximate surface area is 101 Å². The second-order valence-electron chi connectivity index (χ2n) is 4.26. The quantitative estimate of drug-likeness (QED) is 0.775. The number of rotatable bonds is 5. The van der Waals surface area contributed by atoms with Crippen LogP contribution in [0, 0.1) is 5.82 Å². The third kappa shape index (κ3) is 4.06. The predicted octanol–water partition coefficient (Wildman–Crippen LogP) is 2.72. The van der Waals surface area contributed by atoms with Crippen LogP contribution in [0.2, 0.25) is 0 Å². The third-order valence-corrected chi connectivity index (χ3v) is 2.60. The molecule has 0 aliphatic rings. The lowest BCUT2D eigenvalue weighted by Gasteiger charge is -2.13.